The van der Waals surface area contributed by atoms with Crippen molar-refractivity contribution in [2.24, 2.45) is 0 Å². The van der Waals surface area contributed by atoms with E-state index in [1.807, 2.05) is 9.44 Å². The van der Waals surface area contributed by atoms with Crippen molar-refractivity contribution in [1.29, 1.82) is 0 Å². The molecule has 9 nitrogen and oxygen atoms in total. The van der Waals surface area contributed by atoms with Gasteiger partial charge in [-0.15, -0.1) is 0 Å². The molecule has 1 aliphatic carbocycles. The largest absolute Gasteiger partial charge is 0.345 e. The van der Waals surface area contributed by atoms with Crippen LogP contribution < -0.4 is 9.44 Å². The Morgan fingerprint density at radius 1 is 1.09 bits per heavy atom. The lowest BCUT2D eigenvalue weighted by molar-refractivity contribution is 0.103. The molecule has 1 fully saturated rings. The number of hydrogen-bond acceptors (Lipinski definition) is 6. The molecule has 3 aromatic heterocycles. The maximum absolute atomic E-state index is 15.0. The highest BCUT2D eigenvalue weighted by Crippen LogP contribution is 2.38. The molecule has 0 unspecified atom stereocenters. The second kappa shape index (κ2) is 8.22. The number of hydrogen-bond donors (Lipinski definition) is 3. The highest BCUT2D eigenvalue weighted by molar-refractivity contribution is 7.90. The number of aromatic nitrogens is 4. The predicted molar refractivity (Wildman–Crippen MR) is 120 cm³/mol. The van der Waals surface area contributed by atoms with Crippen molar-refractivity contribution in [2.45, 2.75) is 18.8 Å². The fourth-order valence-corrected chi connectivity index (χ4v) is 4.11. The van der Waals surface area contributed by atoms with Crippen LogP contribution in [0.25, 0.3) is 22.2 Å². The molecule has 1 aromatic carbocycles. The first-order chi connectivity index (χ1) is 16.3. The summed E-state index contributed by atoms with van der Waals surface area (Å²) in [4.78, 5) is 29.1. The fourth-order valence-electron chi connectivity index (χ4n) is 3.56. The zero-order valence-corrected chi connectivity index (χ0v) is 18.6. The number of rotatable bonds is 7. The van der Waals surface area contributed by atoms with Crippen LogP contribution in [-0.4, -0.2) is 41.2 Å². The van der Waals surface area contributed by atoms with Crippen molar-refractivity contribution in [3.8, 4) is 11.1 Å². The van der Waals surface area contributed by atoms with E-state index in [0.717, 1.165) is 37.8 Å². The SMILES string of the molecule is CNS(=O)(=O)Nc1ccc(F)c(C(=O)c2c[nH]c3ncc(-c4cnc(C5CC5)nc4)cc23)c1F. The first kappa shape index (κ1) is 22.0. The standard InChI is InChI=1S/C22H18F2N6O3S/c1-25-34(32,33)30-17-5-4-16(23)18(19(17)24)20(31)15-10-29-22-14(15)6-12(7-28-22)13-8-26-21(27-9-13)11-2-3-11/h4-11,25,30H,2-3H2,1H3,(H,28,29). The topological polar surface area (TPSA) is 130 Å². The minimum Gasteiger partial charge on any atom is -0.345 e. The molecule has 174 valence electrons. The summed E-state index contributed by atoms with van der Waals surface area (Å²) in [6.45, 7) is 0. The number of carbonyl (C=O) groups is 1. The molecule has 1 aliphatic rings. The molecule has 5 rings (SSSR count). The van der Waals surface area contributed by atoms with Gasteiger partial charge in [0.2, 0.25) is 5.78 Å². The number of ketones is 1. The number of fused-ring (bicyclic) bond motifs is 1. The summed E-state index contributed by atoms with van der Waals surface area (Å²) in [6, 6.07) is 3.38. The van der Waals surface area contributed by atoms with Crippen LogP contribution in [0.2, 0.25) is 0 Å². The third-order valence-electron chi connectivity index (χ3n) is 5.55. The number of benzene rings is 1. The lowest BCUT2D eigenvalue weighted by Gasteiger charge is -2.11. The normalized spacial score (nSPS) is 13.9. The number of H-pyrrole nitrogens is 1. The van der Waals surface area contributed by atoms with E-state index in [0.29, 0.717) is 28.1 Å². The fraction of sp³-hybridized carbons (Fsp3) is 0.182. The molecule has 0 saturated heterocycles. The smallest absolute Gasteiger partial charge is 0.298 e. The molecule has 1 saturated carbocycles. The zero-order chi connectivity index (χ0) is 24.0. The van der Waals surface area contributed by atoms with Crippen LogP contribution in [-0.2, 0) is 10.2 Å². The monoisotopic (exact) mass is 484 g/mol. The van der Waals surface area contributed by atoms with Crippen LogP contribution in [0.5, 0.6) is 0 Å². The summed E-state index contributed by atoms with van der Waals surface area (Å²) >= 11 is 0. The highest BCUT2D eigenvalue weighted by Gasteiger charge is 2.27. The van der Waals surface area contributed by atoms with E-state index in [1.54, 1.807) is 24.7 Å². The van der Waals surface area contributed by atoms with Gasteiger partial charge in [-0.3, -0.25) is 9.52 Å². The molecule has 0 radical (unpaired) electrons. The van der Waals surface area contributed by atoms with Crippen LogP contribution in [0.4, 0.5) is 14.5 Å². The molecule has 0 spiro atoms. The first-order valence-electron chi connectivity index (χ1n) is 10.3. The molecule has 3 N–H and O–H groups in total. The first-order valence-corrected chi connectivity index (χ1v) is 11.8. The lowest BCUT2D eigenvalue weighted by Crippen LogP contribution is -2.27. The van der Waals surface area contributed by atoms with Crippen molar-refractivity contribution in [3.05, 3.63) is 71.6 Å². The molecular weight excluding hydrogens is 466 g/mol. The third-order valence-corrected chi connectivity index (χ3v) is 6.58. The van der Waals surface area contributed by atoms with E-state index in [2.05, 4.69) is 19.9 Å². The summed E-state index contributed by atoms with van der Waals surface area (Å²) in [6.07, 6.45) is 8.39. The molecule has 0 aliphatic heterocycles. The number of halogens is 2. The van der Waals surface area contributed by atoms with Gasteiger partial charge in [0.25, 0.3) is 10.2 Å². The van der Waals surface area contributed by atoms with Gasteiger partial charge < -0.3 is 4.98 Å². The minimum atomic E-state index is -4.08. The number of nitrogens with one attached hydrogen (secondary N) is 3. The van der Waals surface area contributed by atoms with Crippen molar-refractivity contribution in [2.75, 3.05) is 11.8 Å². The number of carbonyl (C=O) groups excluding carboxylic acids is 1. The Kier molecular flexibility index (Phi) is 5.33. The molecule has 0 bridgehead atoms. The number of nitrogens with zero attached hydrogens (tertiary/aromatic N) is 3. The Labute approximate surface area is 192 Å². The quantitative estimate of drug-likeness (QED) is 0.345. The Bertz CT molecular complexity index is 1530. The lowest BCUT2D eigenvalue weighted by atomic mass is 10.0. The van der Waals surface area contributed by atoms with Gasteiger partial charge in [0.05, 0.1) is 11.3 Å². The van der Waals surface area contributed by atoms with Crippen LogP contribution in [0, 0.1) is 11.6 Å². The maximum Gasteiger partial charge on any atom is 0.298 e. The van der Waals surface area contributed by atoms with E-state index < -0.39 is 38.9 Å². The van der Waals surface area contributed by atoms with Crippen LogP contribution >= 0.6 is 0 Å². The van der Waals surface area contributed by atoms with E-state index in [1.165, 1.54) is 6.20 Å². The van der Waals surface area contributed by atoms with Gasteiger partial charge in [0, 0.05) is 59.8 Å². The number of aromatic amines is 1. The van der Waals surface area contributed by atoms with E-state index in [-0.39, 0.29) is 5.56 Å². The van der Waals surface area contributed by atoms with Gasteiger partial charge in [0.15, 0.2) is 5.82 Å². The van der Waals surface area contributed by atoms with Crippen molar-refractivity contribution < 1.29 is 22.0 Å². The average Bonchev–Trinajstić information content (AvgIpc) is 3.60. The minimum absolute atomic E-state index is 0.0220. The second-order valence-electron chi connectivity index (χ2n) is 7.85. The Hall–Kier alpha value is -3.77. The van der Waals surface area contributed by atoms with Crippen LogP contribution in [0.15, 0.2) is 43.0 Å². The van der Waals surface area contributed by atoms with E-state index in [9.17, 15) is 17.6 Å². The van der Waals surface area contributed by atoms with Crippen molar-refractivity contribution >= 4 is 32.7 Å². The Balaban J connectivity index is 1.54. The highest BCUT2D eigenvalue weighted by atomic mass is 32.2. The molecule has 12 heteroatoms. The van der Waals surface area contributed by atoms with Gasteiger partial charge in [0.1, 0.15) is 17.3 Å². The van der Waals surface area contributed by atoms with E-state index >= 15 is 4.39 Å². The third kappa shape index (κ3) is 4.01. The molecular formula is C22H18F2N6O3S. The van der Waals surface area contributed by atoms with Crippen LogP contribution in [0.1, 0.15) is 40.5 Å². The molecule has 0 atom stereocenters. The molecule has 0 amide bonds. The Morgan fingerprint density at radius 2 is 1.79 bits per heavy atom. The maximum atomic E-state index is 15.0. The summed E-state index contributed by atoms with van der Waals surface area (Å²) in [7, 11) is -2.96. The number of anilines is 1. The molecule has 34 heavy (non-hydrogen) atoms. The summed E-state index contributed by atoms with van der Waals surface area (Å²) < 4.78 is 56.9. The summed E-state index contributed by atoms with van der Waals surface area (Å²) in [5.74, 6) is -2.23. The molecule has 3 heterocycles. The summed E-state index contributed by atoms with van der Waals surface area (Å²) in [5.41, 5.74) is 0.173. The average molecular weight is 484 g/mol. The zero-order valence-electron chi connectivity index (χ0n) is 17.8. The van der Waals surface area contributed by atoms with Crippen LogP contribution in [0.3, 0.4) is 0 Å². The van der Waals surface area contributed by atoms with Gasteiger partial charge >= 0.3 is 0 Å². The number of pyridine rings is 1. The van der Waals surface area contributed by atoms with Crippen molar-refractivity contribution in [1.82, 2.24) is 24.7 Å². The Morgan fingerprint density at radius 3 is 2.47 bits per heavy atom. The predicted octanol–water partition coefficient (Wildman–Crippen LogP) is 3.28. The molecule has 4 aromatic rings. The van der Waals surface area contributed by atoms with Gasteiger partial charge in [-0.25, -0.2) is 28.5 Å². The van der Waals surface area contributed by atoms with E-state index in [4.69, 9.17) is 0 Å². The van der Waals surface area contributed by atoms with Gasteiger partial charge in [-0.05, 0) is 31.0 Å². The second-order valence-corrected chi connectivity index (χ2v) is 9.47. The van der Waals surface area contributed by atoms with Gasteiger partial charge in [-0.2, -0.15) is 8.42 Å². The van der Waals surface area contributed by atoms with Crippen molar-refractivity contribution in [3.63, 3.8) is 0 Å². The summed E-state index contributed by atoms with van der Waals surface area (Å²) in [5, 5.41) is 0.341. The van der Waals surface area contributed by atoms with Gasteiger partial charge in [-0.1, -0.05) is 0 Å².